The van der Waals surface area contributed by atoms with Gasteiger partial charge in [0.1, 0.15) is 6.61 Å². The molecule has 0 aromatic carbocycles. The van der Waals surface area contributed by atoms with Gasteiger partial charge in [0.05, 0.1) is 0 Å². The van der Waals surface area contributed by atoms with Gasteiger partial charge < -0.3 is 4.74 Å². The van der Waals surface area contributed by atoms with E-state index in [0.717, 1.165) is 11.5 Å². The molecule has 0 saturated heterocycles. The molecule has 0 spiro atoms. The van der Waals surface area contributed by atoms with E-state index in [0.29, 0.717) is 6.61 Å². The molecule has 0 amide bonds. The minimum Gasteiger partial charge on any atom is -0.480 e. The molecule has 0 atom stereocenters. The molecule has 0 aliphatic rings. The summed E-state index contributed by atoms with van der Waals surface area (Å²) in [5.74, 6) is 0. The van der Waals surface area contributed by atoms with Gasteiger partial charge in [-0.1, -0.05) is 25.5 Å². The highest BCUT2D eigenvalue weighted by Gasteiger charge is 1.88. The topological polar surface area (TPSA) is 9.23 Å². The minimum absolute atomic E-state index is 0.695. The Labute approximate surface area is 77.7 Å². The number of rotatable bonds is 5. The van der Waals surface area contributed by atoms with Crippen LogP contribution in [0.25, 0.3) is 0 Å². The van der Waals surface area contributed by atoms with Crippen molar-refractivity contribution >= 4 is 11.3 Å². The third kappa shape index (κ3) is 3.58. The Morgan fingerprint density at radius 2 is 2.42 bits per heavy atom. The van der Waals surface area contributed by atoms with E-state index < -0.39 is 0 Å². The van der Waals surface area contributed by atoms with Gasteiger partial charge in [-0.15, -0.1) is 11.3 Å². The molecule has 1 aromatic heterocycles. The summed E-state index contributed by atoms with van der Waals surface area (Å²) in [5.41, 5.74) is 0. The van der Waals surface area contributed by atoms with Crippen molar-refractivity contribution < 1.29 is 4.74 Å². The van der Waals surface area contributed by atoms with E-state index >= 15 is 0 Å². The molecule has 1 rings (SSSR count). The van der Waals surface area contributed by atoms with Crippen molar-refractivity contribution in [2.45, 2.75) is 19.8 Å². The number of thiophene rings is 1. The first-order valence-electron chi connectivity index (χ1n) is 4.24. The van der Waals surface area contributed by atoms with Gasteiger partial charge in [0, 0.05) is 0 Å². The Balaban J connectivity index is 2.11. The third-order valence-corrected chi connectivity index (χ3v) is 2.22. The molecule has 0 N–H and O–H groups in total. The Bertz CT molecular complexity index is 214. The van der Waals surface area contributed by atoms with Crippen LogP contribution in [0.2, 0.25) is 0 Å². The second-order valence-electron chi connectivity index (χ2n) is 2.50. The lowest BCUT2D eigenvalue weighted by Gasteiger charge is -1.96. The molecule has 0 aliphatic heterocycles. The van der Waals surface area contributed by atoms with E-state index in [2.05, 4.69) is 19.1 Å². The maximum Gasteiger partial charge on any atom is 0.174 e. The lowest BCUT2D eigenvalue weighted by Crippen LogP contribution is -1.89. The molecule has 66 valence electrons. The zero-order chi connectivity index (χ0) is 8.65. The smallest absolute Gasteiger partial charge is 0.174 e. The summed E-state index contributed by atoms with van der Waals surface area (Å²) in [6.07, 6.45) is 6.58. The average molecular weight is 182 g/mol. The molecule has 0 saturated carbocycles. The fourth-order valence-corrected chi connectivity index (χ4v) is 1.41. The van der Waals surface area contributed by atoms with Crippen molar-refractivity contribution in [3.8, 4) is 5.06 Å². The average Bonchev–Trinajstić information content (AvgIpc) is 2.57. The summed E-state index contributed by atoms with van der Waals surface area (Å²) < 4.78 is 5.42. The first-order valence-corrected chi connectivity index (χ1v) is 5.12. The zero-order valence-corrected chi connectivity index (χ0v) is 8.14. The second-order valence-corrected chi connectivity index (χ2v) is 3.41. The van der Waals surface area contributed by atoms with Crippen molar-refractivity contribution in [1.82, 2.24) is 0 Å². The molecule has 0 aliphatic carbocycles. The van der Waals surface area contributed by atoms with Crippen LogP contribution in [0.5, 0.6) is 5.06 Å². The summed E-state index contributed by atoms with van der Waals surface area (Å²) >= 11 is 1.63. The summed E-state index contributed by atoms with van der Waals surface area (Å²) in [6.45, 7) is 2.87. The van der Waals surface area contributed by atoms with Crippen LogP contribution in [0, 0.1) is 0 Å². The maximum absolute atomic E-state index is 5.42. The number of ether oxygens (including phenoxy) is 1. The second kappa shape index (κ2) is 5.84. The van der Waals surface area contributed by atoms with Crippen molar-refractivity contribution in [3.05, 3.63) is 29.7 Å². The SMILES string of the molecule is CCC/C=C/COc1cccs1. The van der Waals surface area contributed by atoms with Crippen LogP contribution in [-0.2, 0) is 0 Å². The first-order chi connectivity index (χ1) is 5.93. The highest BCUT2D eigenvalue weighted by molar-refractivity contribution is 7.11. The lowest BCUT2D eigenvalue weighted by atomic mass is 10.3. The van der Waals surface area contributed by atoms with Gasteiger partial charge in [-0.3, -0.25) is 0 Å². The van der Waals surface area contributed by atoms with Crippen LogP contribution in [0.3, 0.4) is 0 Å². The lowest BCUT2D eigenvalue weighted by molar-refractivity contribution is 0.373. The molecular formula is C10H14OS. The van der Waals surface area contributed by atoms with E-state index in [1.54, 1.807) is 11.3 Å². The Morgan fingerprint density at radius 3 is 3.08 bits per heavy atom. The monoisotopic (exact) mass is 182 g/mol. The fraction of sp³-hybridized carbons (Fsp3) is 0.400. The van der Waals surface area contributed by atoms with Crippen molar-refractivity contribution in [1.29, 1.82) is 0 Å². The predicted molar refractivity (Wildman–Crippen MR) is 53.9 cm³/mol. The molecule has 1 aromatic rings. The first kappa shape index (κ1) is 9.33. The number of hydrogen-bond donors (Lipinski definition) is 0. The van der Waals surface area contributed by atoms with Crippen LogP contribution < -0.4 is 4.74 Å². The fourth-order valence-electron chi connectivity index (χ4n) is 0.828. The normalized spacial score (nSPS) is 10.8. The summed E-state index contributed by atoms with van der Waals surface area (Å²) in [4.78, 5) is 0. The van der Waals surface area contributed by atoms with E-state index in [1.165, 1.54) is 6.42 Å². The third-order valence-electron chi connectivity index (χ3n) is 1.44. The van der Waals surface area contributed by atoms with Gasteiger partial charge in [-0.2, -0.15) is 0 Å². The van der Waals surface area contributed by atoms with Crippen LogP contribution in [-0.4, -0.2) is 6.61 Å². The van der Waals surface area contributed by atoms with Crippen molar-refractivity contribution in [2.24, 2.45) is 0 Å². The van der Waals surface area contributed by atoms with Gasteiger partial charge in [0.15, 0.2) is 5.06 Å². The highest BCUT2D eigenvalue weighted by Crippen LogP contribution is 2.17. The molecule has 0 unspecified atom stereocenters. The number of allylic oxidation sites excluding steroid dienone is 1. The van der Waals surface area contributed by atoms with Crippen molar-refractivity contribution in [2.75, 3.05) is 6.61 Å². The van der Waals surface area contributed by atoms with E-state index in [1.807, 2.05) is 17.5 Å². The van der Waals surface area contributed by atoms with E-state index in [4.69, 9.17) is 4.74 Å². The summed E-state index contributed by atoms with van der Waals surface area (Å²) in [7, 11) is 0. The van der Waals surface area contributed by atoms with Crippen LogP contribution in [0.15, 0.2) is 29.7 Å². The van der Waals surface area contributed by atoms with Gasteiger partial charge in [-0.05, 0) is 23.9 Å². The predicted octanol–water partition coefficient (Wildman–Crippen LogP) is 3.48. The van der Waals surface area contributed by atoms with Crippen LogP contribution in [0.4, 0.5) is 0 Å². The minimum atomic E-state index is 0.695. The quantitative estimate of drug-likeness (QED) is 0.633. The maximum atomic E-state index is 5.42. The summed E-state index contributed by atoms with van der Waals surface area (Å²) in [6, 6.07) is 3.98. The zero-order valence-electron chi connectivity index (χ0n) is 7.32. The Kier molecular flexibility index (Phi) is 4.54. The molecule has 0 fully saturated rings. The summed E-state index contributed by atoms with van der Waals surface area (Å²) in [5, 5.41) is 3.02. The van der Waals surface area contributed by atoms with E-state index in [9.17, 15) is 0 Å². The van der Waals surface area contributed by atoms with E-state index in [-0.39, 0.29) is 0 Å². The standard InChI is InChI=1S/C10H14OS/c1-2-3-4-5-8-11-10-7-6-9-12-10/h4-7,9H,2-3,8H2,1H3/b5-4+. The molecule has 12 heavy (non-hydrogen) atoms. The van der Waals surface area contributed by atoms with Gasteiger partial charge in [-0.25, -0.2) is 0 Å². The molecule has 0 radical (unpaired) electrons. The number of hydrogen-bond acceptors (Lipinski definition) is 2. The highest BCUT2D eigenvalue weighted by atomic mass is 32.1. The van der Waals surface area contributed by atoms with Crippen molar-refractivity contribution in [3.63, 3.8) is 0 Å². The van der Waals surface area contributed by atoms with Gasteiger partial charge in [0.25, 0.3) is 0 Å². The number of unbranched alkanes of at least 4 members (excludes halogenated alkanes) is 1. The molecule has 2 heteroatoms. The Hall–Kier alpha value is -0.760. The largest absolute Gasteiger partial charge is 0.480 e. The molecule has 0 bridgehead atoms. The van der Waals surface area contributed by atoms with Crippen LogP contribution >= 0.6 is 11.3 Å². The van der Waals surface area contributed by atoms with Crippen LogP contribution in [0.1, 0.15) is 19.8 Å². The van der Waals surface area contributed by atoms with Gasteiger partial charge in [0.2, 0.25) is 0 Å². The van der Waals surface area contributed by atoms with Gasteiger partial charge >= 0.3 is 0 Å². The molecular weight excluding hydrogens is 168 g/mol. The Morgan fingerprint density at radius 1 is 1.50 bits per heavy atom. The molecule has 1 nitrogen and oxygen atoms in total. The molecule has 1 heterocycles.